The van der Waals surface area contributed by atoms with Crippen LogP contribution in [0.25, 0.3) is 11.0 Å². The Balaban J connectivity index is 1.38. The fourth-order valence-corrected chi connectivity index (χ4v) is 3.95. The smallest absolute Gasteiger partial charge is 0.397 e. The number of benzene rings is 1. The maximum Gasteiger partial charge on any atom is 0.397 e. The molecule has 28 heavy (non-hydrogen) atoms. The molecule has 1 aliphatic heterocycles. The third-order valence-corrected chi connectivity index (χ3v) is 5.92. The summed E-state index contributed by atoms with van der Waals surface area (Å²) < 4.78 is 45.8. The lowest BCUT2D eigenvalue weighted by molar-refractivity contribution is -0.162. The predicted octanol–water partition coefficient (Wildman–Crippen LogP) is 3.93. The Bertz CT molecular complexity index is 874. The Morgan fingerprint density at radius 1 is 1.21 bits per heavy atom. The molecule has 1 aromatic heterocycles. The van der Waals surface area contributed by atoms with Crippen molar-refractivity contribution in [1.29, 1.82) is 0 Å². The Morgan fingerprint density at radius 2 is 1.93 bits per heavy atom. The predicted molar refractivity (Wildman–Crippen MR) is 98.9 cm³/mol. The highest BCUT2D eigenvalue weighted by atomic mass is 79.9. The van der Waals surface area contributed by atoms with E-state index in [1.165, 1.54) is 17.7 Å². The van der Waals surface area contributed by atoms with Gasteiger partial charge in [-0.15, -0.1) is 5.10 Å². The Labute approximate surface area is 168 Å². The average molecular weight is 461 g/mol. The molecule has 2 fully saturated rings. The van der Waals surface area contributed by atoms with Crippen LogP contribution in [0.15, 0.2) is 16.6 Å². The minimum atomic E-state index is -4.47. The molecule has 0 unspecified atom stereocenters. The quantitative estimate of drug-likeness (QED) is 0.678. The van der Waals surface area contributed by atoms with E-state index in [9.17, 15) is 18.0 Å². The Hall–Kier alpha value is -1.84. The molecule has 0 N–H and O–H groups in total. The van der Waals surface area contributed by atoms with Gasteiger partial charge in [0.25, 0.3) is 0 Å². The van der Waals surface area contributed by atoms with E-state index in [4.69, 9.17) is 4.74 Å². The third kappa shape index (κ3) is 4.42. The molecule has 2 aliphatic rings. The van der Waals surface area contributed by atoms with Crippen molar-refractivity contribution in [3.63, 3.8) is 0 Å². The number of hydrogen-bond donors (Lipinski definition) is 0. The monoisotopic (exact) mass is 460 g/mol. The van der Waals surface area contributed by atoms with Crippen LogP contribution < -0.4 is 4.74 Å². The summed E-state index contributed by atoms with van der Waals surface area (Å²) in [7, 11) is 0. The van der Waals surface area contributed by atoms with Gasteiger partial charge < -0.3 is 9.64 Å². The summed E-state index contributed by atoms with van der Waals surface area (Å²) in [5, 5.41) is 8.48. The number of carbonyl (C=O) groups is 1. The molecule has 2 aromatic rings. The third-order valence-electron chi connectivity index (χ3n) is 5.16. The van der Waals surface area contributed by atoms with E-state index in [0.717, 1.165) is 22.1 Å². The van der Waals surface area contributed by atoms with Crippen molar-refractivity contribution in [3.8, 4) is 5.75 Å². The number of carbonyl (C=O) groups excluding carboxylic acids is 1. The van der Waals surface area contributed by atoms with Gasteiger partial charge in [0.15, 0.2) is 0 Å². The van der Waals surface area contributed by atoms with Crippen LogP contribution in [0.3, 0.4) is 0 Å². The fourth-order valence-electron chi connectivity index (χ4n) is 3.44. The summed E-state index contributed by atoms with van der Waals surface area (Å²) in [6.45, 7) is 1.39. The molecular weight excluding hydrogens is 441 g/mol. The molecule has 2 heterocycles. The molecule has 6 nitrogen and oxygen atoms in total. The number of nitrogens with zero attached hydrogens (tertiary/aromatic N) is 4. The molecule has 0 bridgehead atoms. The molecule has 1 saturated heterocycles. The molecule has 1 aromatic carbocycles. The summed E-state index contributed by atoms with van der Waals surface area (Å²) in [5.74, 6) is 0.441. The molecule has 1 aliphatic carbocycles. The first-order valence-electron chi connectivity index (χ1n) is 9.33. The number of alkyl halides is 3. The van der Waals surface area contributed by atoms with Crippen molar-refractivity contribution in [1.82, 2.24) is 19.9 Å². The second-order valence-electron chi connectivity index (χ2n) is 7.45. The molecular formula is C18H20BrF3N4O2. The van der Waals surface area contributed by atoms with E-state index in [0.29, 0.717) is 24.5 Å². The number of piperidine rings is 1. The van der Waals surface area contributed by atoms with Crippen LogP contribution in [0.5, 0.6) is 5.75 Å². The lowest BCUT2D eigenvalue weighted by Gasteiger charge is -2.32. The minimum absolute atomic E-state index is 0.162. The maximum absolute atomic E-state index is 12.4. The first-order valence-corrected chi connectivity index (χ1v) is 10.1. The van der Waals surface area contributed by atoms with Gasteiger partial charge in [0.05, 0.1) is 9.99 Å². The van der Waals surface area contributed by atoms with Gasteiger partial charge in [0.2, 0.25) is 5.91 Å². The van der Waals surface area contributed by atoms with E-state index in [1.54, 1.807) is 0 Å². The second-order valence-corrected chi connectivity index (χ2v) is 8.24. The number of hydrogen-bond acceptors (Lipinski definition) is 4. The van der Waals surface area contributed by atoms with Crippen molar-refractivity contribution in [2.75, 3.05) is 13.1 Å². The van der Waals surface area contributed by atoms with Gasteiger partial charge in [0.1, 0.15) is 23.8 Å². The van der Waals surface area contributed by atoms with Gasteiger partial charge in [-0.1, -0.05) is 5.21 Å². The summed E-state index contributed by atoms with van der Waals surface area (Å²) in [6, 6.07) is 3.79. The normalized spacial score (nSPS) is 18.6. The van der Waals surface area contributed by atoms with Gasteiger partial charge in [-0.05, 0) is 46.8 Å². The van der Waals surface area contributed by atoms with Crippen LogP contribution in [-0.4, -0.2) is 51.2 Å². The van der Waals surface area contributed by atoms with Crippen LogP contribution in [0.2, 0.25) is 0 Å². The van der Waals surface area contributed by atoms with Gasteiger partial charge in [-0.3, -0.25) is 4.79 Å². The summed E-state index contributed by atoms with van der Waals surface area (Å²) in [4.78, 5) is 13.0. The van der Waals surface area contributed by atoms with Crippen molar-refractivity contribution in [2.45, 2.75) is 50.9 Å². The van der Waals surface area contributed by atoms with Crippen LogP contribution >= 0.6 is 15.9 Å². The van der Waals surface area contributed by atoms with Crippen molar-refractivity contribution in [3.05, 3.63) is 16.6 Å². The minimum Gasteiger partial charge on any atom is -0.489 e. The molecule has 0 spiro atoms. The van der Waals surface area contributed by atoms with E-state index in [2.05, 4.69) is 26.2 Å². The highest BCUT2D eigenvalue weighted by molar-refractivity contribution is 9.10. The summed E-state index contributed by atoms with van der Waals surface area (Å²) in [6.07, 6.45) is -2.60. The second kappa shape index (κ2) is 7.53. The summed E-state index contributed by atoms with van der Waals surface area (Å²) >= 11 is 3.54. The molecule has 152 valence electrons. The first kappa shape index (κ1) is 19.5. The number of amides is 1. The zero-order valence-corrected chi connectivity index (χ0v) is 16.7. The molecule has 1 amide bonds. The number of likely N-dealkylation sites (tertiary alicyclic amines) is 1. The van der Waals surface area contributed by atoms with Crippen molar-refractivity contribution < 1.29 is 22.7 Å². The largest absolute Gasteiger partial charge is 0.489 e. The molecule has 0 atom stereocenters. The molecule has 4 rings (SSSR count). The van der Waals surface area contributed by atoms with E-state index in [-0.39, 0.29) is 19.2 Å². The lowest BCUT2D eigenvalue weighted by atomic mass is 10.1. The molecule has 10 heteroatoms. The van der Waals surface area contributed by atoms with E-state index in [1.807, 2.05) is 16.8 Å². The van der Waals surface area contributed by atoms with Crippen LogP contribution in [0, 0.1) is 5.92 Å². The van der Waals surface area contributed by atoms with Crippen LogP contribution in [0.1, 0.15) is 32.1 Å². The lowest BCUT2D eigenvalue weighted by Crippen LogP contribution is -2.43. The standard InChI is InChI=1S/C18H20BrF3N4O2/c19-16-14(4-3-13-17(16)23-24-26(13)10-11-1-2-11)28-12-5-7-25(8-6-12)15(27)9-18(20,21)22/h3-4,11-12H,1-2,5-10H2. The van der Waals surface area contributed by atoms with E-state index >= 15 is 0 Å². The van der Waals surface area contributed by atoms with Gasteiger partial charge in [-0.2, -0.15) is 13.2 Å². The number of aromatic nitrogens is 3. The van der Waals surface area contributed by atoms with Crippen molar-refractivity contribution in [2.24, 2.45) is 5.92 Å². The fraction of sp³-hybridized carbons (Fsp3) is 0.611. The first-order chi connectivity index (χ1) is 13.3. The number of halogens is 4. The molecule has 1 saturated carbocycles. The summed E-state index contributed by atoms with van der Waals surface area (Å²) in [5.41, 5.74) is 1.68. The van der Waals surface area contributed by atoms with Gasteiger partial charge in [0, 0.05) is 32.5 Å². The Morgan fingerprint density at radius 3 is 2.57 bits per heavy atom. The maximum atomic E-state index is 12.4. The van der Waals surface area contributed by atoms with Gasteiger partial charge in [-0.25, -0.2) is 4.68 Å². The SMILES string of the molecule is O=C(CC(F)(F)F)N1CCC(Oc2ccc3c(nnn3CC3CC3)c2Br)CC1. The van der Waals surface area contributed by atoms with Gasteiger partial charge >= 0.3 is 6.18 Å². The van der Waals surface area contributed by atoms with E-state index < -0.39 is 18.5 Å². The average Bonchev–Trinajstić information content (AvgIpc) is 3.35. The number of fused-ring (bicyclic) bond motifs is 1. The molecule has 0 radical (unpaired) electrons. The number of rotatable bonds is 5. The zero-order chi connectivity index (χ0) is 19.9. The van der Waals surface area contributed by atoms with Crippen molar-refractivity contribution >= 4 is 32.9 Å². The topological polar surface area (TPSA) is 60.3 Å². The zero-order valence-electron chi connectivity index (χ0n) is 15.1. The highest BCUT2D eigenvalue weighted by Gasteiger charge is 2.35. The van der Waals surface area contributed by atoms with Crippen LogP contribution in [-0.2, 0) is 11.3 Å². The van der Waals surface area contributed by atoms with Crippen LogP contribution in [0.4, 0.5) is 13.2 Å². The highest BCUT2D eigenvalue weighted by Crippen LogP contribution is 2.36. The Kier molecular flexibility index (Phi) is 5.24. The number of ether oxygens (including phenoxy) is 1.